The summed E-state index contributed by atoms with van der Waals surface area (Å²) in [6, 6.07) is 7.12. The molecule has 198 valence electrons. The first-order chi connectivity index (χ1) is 17.3. The number of nitrogens with zero attached hydrogens (tertiary/aromatic N) is 3. The van der Waals surface area contributed by atoms with Crippen LogP contribution in [0.4, 0.5) is 15.3 Å². The molecule has 2 N–H and O–H groups in total. The molecule has 1 saturated carbocycles. The van der Waals surface area contributed by atoms with E-state index in [0.717, 1.165) is 63.6 Å². The summed E-state index contributed by atoms with van der Waals surface area (Å²) in [7, 11) is 0. The van der Waals surface area contributed by atoms with Crippen LogP contribution in [0.2, 0.25) is 5.02 Å². The van der Waals surface area contributed by atoms with Crippen molar-refractivity contribution in [1.29, 1.82) is 0 Å². The van der Waals surface area contributed by atoms with Crippen LogP contribution in [0.5, 0.6) is 0 Å². The van der Waals surface area contributed by atoms with E-state index in [0.29, 0.717) is 36.0 Å². The molecule has 0 radical (unpaired) electrons. The lowest BCUT2D eigenvalue weighted by Crippen LogP contribution is -2.53. The summed E-state index contributed by atoms with van der Waals surface area (Å²) < 4.78 is 0. The Bertz CT molecular complexity index is 940. The minimum atomic E-state index is -0.0837. The fraction of sp³-hybridized carbons (Fsp3) is 0.643. The van der Waals surface area contributed by atoms with Gasteiger partial charge in [0, 0.05) is 63.1 Å². The van der Waals surface area contributed by atoms with Gasteiger partial charge in [-0.15, -0.1) is 0 Å². The third-order valence-corrected chi connectivity index (χ3v) is 8.74. The fourth-order valence-electron chi connectivity index (χ4n) is 5.78. The number of urea groups is 2. The Morgan fingerprint density at radius 1 is 1.14 bits per heavy atom. The van der Waals surface area contributed by atoms with Crippen molar-refractivity contribution in [3.8, 4) is 0 Å². The average Bonchev–Trinajstić information content (AvgIpc) is 2.88. The number of hydrogen-bond donors (Lipinski definition) is 2. The predicted molar refractivity (Wildman–Crippen MR) is 146 cm³/mol. The molecule has 5 rings (SSSR count). The molecule has 8 heteroatoms. The van der Waals surface area contributed by atoms with Crippen molar-refractivity contribution in [2.24, 2.45) is 17.3 Å². The minimum absolute atomic E-state index is 0.0459. The summed E-state index contributed by atoms with van der Waals surface area (Å²) in [6.45, 7) is 12.8. The molecule has 1 saturated heterocycles. The second-order valence-electron chi connectivity index (χ2n) is 11.1. The third kappa shape index (κ3) is 6.35. The topological polar surface area (TPSA) is 67.9 Å². The Balaban J connectivity index is 1.27. The lowest BCUT2D eigenvalue weighted by molar-refractivity contribution is -0.00982. The molecule has 1 aromatic rings. The monoisotopic (exact) mass is 515 g/mol. The van der Waals surface area contributed by atoms with Crippen molar-refractivity contribution >= 4 is 29.4 Å². The van der Waals surface area contributed by atoms with E-state index in [9.17, 15) is 9.59 Å². The molecule has 7 nitrogen and oxygen atoms in total. The van der Waals surface area contributed by atoms with Crippen LogP contribution in [0, 0.1) is 17.3 Å². The van der Waals surface area contributed by atoms with E-state index in [1.807, 2.05) is 21.9 Å². The van der Waals surface area contributed by atoms with Gasteiger partial charge >= 0.3 is 12.1 Å². The zero-order valence-corrected chi connectivity index (χ0v) is 22.8. The number of anilines is 1. The first-order valence-corrected chi connectivity index (χ1v) is 13.9. The SMILES string of the molecule is CCCCNC(=O)N(CCN1CCN(C(=O)Nc2ccc(Cl)cc2)CC1)CC1=CCC2CC1C2(C)C. The molecule has 2 bridgehead atoms. The highest BCUT2D eigenvalue weighted by Gasteiger charge is 2.51. The number of allylic oxidation sites excluding steroid dienone is 1. The maximum Gasteiger partial charge on any atom is 0.321 e. The molecule has 3 aliphatic carbocycles. The van der Waals surface area contributed by atoms with E-state index in [2.05, 4.69) is 42.4 Å². The molecule has 0 spiro atoms. The van der Waals surface area contributed by atoms with E-state index in [1.54, 1.807) is 12.1 Å². The van der Waals surface area contributed by atoms with Gasteiger partial charge in [0.2, 0.25) is 0 Å². The molecule has 2 atom stereocenters. The van der Waals surface area contributed by atoms with E-state index >= 15 is 0 Å². The molecule has 2 fully saturated rings. The van der Waals surface area contributed by atoms with Crippen molar-refractivity contribution in [3.05, 3.63) is 40.9 Å². The molecular formula is C28H42ClN5O2. The summed E-state index contributed by atoms with van der Waals surface area (Å²) in [5.41, 5.74) is 2.54. The van der Waals surface area contributed by atoms with Crippen LogP contribution < -0.4 is 10.6 Å². The van der Waals surface area contributed by atoms with Crippen molar-refractivity contribution in [1.82, 2.24) is 20.0 Å². The molecule has 2 unspecified atom stereocenters. The number of halogens is 1. The van der Waals surface area contributed by atoms with Gasteiger partial charge in [0.15, 0.2) is 0 Å². The smallest absolute Gasteiger partial charge is 0.321 e. The lowest BCUT2D eigenvalue weighted by atomic mass is 9.49. The van der Waals surface area contributed by atoms with Gasteiger partial charge in [-0.25, -0.2) is 9.59 Å². The second-order valence-corrected chi connectivity index (χ2v) is 11.5. The Morgan fingerprint density at radius 3 is 2.50 bits per heavy atom. The largest absolute Gasteiger partial charge is 0.338 e. The molecule has 4 amide bonds. The van der Waals surface area contributed by atoms with Crippen LogP contribution in [-0.2, 0) is 0 Å². The van der Waals surface area contributed by atoms with Gasteiger partial charge in [0.25, 0.3) is 0 Å². The second kappa shape index (κ2) is 11.9. The van der Waals surface area contributed by atoms with Gasteiger partial charge in [-0.2, -0.15) is 0 Å². The van der Waals surface area contributed by atoms with Gasteiger partial charge in [-0.3, -0.25) is 4.90 Å². The zero-order chi connectivity index (χ0) is 25.7. The Kier molecular flexibility index (Phi) is 8.83. The van der Waals surface area contributed by atoms with Crippen LogP contribution in [0.15, 0.2) is 35.9 Å². The normalized spacial score (nSPS) is 22.9. The van der Waals surface area contributed by atoms with Gasteiger partial charge in [0.05, 0.1) is 0 Å². The standard InChI is InChI=1S/C28H42ClN5O2/c1-4-5-12-30-26(35)34(20-21-6-7-22-19-25(21)28(22,2)3)18-15-32-13-16-33(17-14-32)27(36)31-24-10-8-23(29)9-11-24/h6,8-11,22,25H,4-5,7,12-20H2,1-3H3,(H,30,35)(H,31,36). The summed E-state index contributed by atoms with van der Waals surface area (Å²) in [4.78, 5) is 31.9. The van der Waals surface area contributed by atoms with Crippen molar-refractivity contribution < 1.29 is 9.59 Å². The van der Waals surface area contributed by atoms with Crippen LogP contribution in [0.1, 0.15) is 46.5 Å². The first-order valence-electron chi connectivity index (χ1n) is 13.5. The molecule has 0 aromatic heterocycles. The summed E-state index contributed by atoms with van der Waals surface area (Å²) in [5, 5.41) is 6.72. The average molecular weight is 516 g/mol. The number of amides is 4. The molecular weight excluding hydrogens is 474 g/mol. The van der Waals surface area contributed by atoms with Crippen LogP contribution in [0.3, 0.4) is 0 Å². The van der Waals surface area contributed by atoms with Gasteiger partial charge in [-0.1, -0.05) is 50.4 Å². The van der Waals surface area contributed by atoms with Crippen molar-refractivity contribution in [2.45, 2.75) is 46.5 Å². The third-order valence-electron chi connectivity index (χ3n) is 8.49. The number of rotatable bonds is 9. The van der Waals surface area contributed by atoms with Crippen LogP contribution in [-0.4, -0.2) is 79.1 Å². The van der Waals surface area contributed by atoms with E-state index < -0.39 is 0 Å². The number of carbonyl (C=O) groups excluding carboxylic acids is 2. The number of hydrogen-bond acceptors (Lipinski definition) is 3. The summed E-state index contributed by atoms with van der Waals surface area (Å²) in [5.74, 6) is 1.40. The van der Waals surface area contributed by atoms with Gasteiger partial charge in [-0.05, 0) is 60.8 Å². The molecule has 1 heterocycles. The van der Waals surface area contributed by atoms with Gasteiger partial charge in [0.1, 0.15) is 0 Å². The number of fused-ring (bicyclic) bond motifs is 1. The first kappa shape index (κ1) is 26.8. The Morgan fingerprint density at radius 2 is 1.86 bits per heavy atom. The Hall–Kier alpha value is -2.25. The number of piperazine rings is 1. The number of carbonyl (C=O) groups is 2. The summed E-state index contributed by atoms with van der Waals surface area (Å²) in [6.07, 6.45) is 6.88. The summed E-state index contributed by atoms with van der Waals surface area (Å²) >= 11 is 5.93. The van der Waals surface area contributed by atoms with E-state index in [4.69, 9.17) is 11.6 Å². The highest BCUT2D eigenvalue weighted by Crippen LogP contribution is 2.59. The highest BCUT2D eigenvalue weighted by atomic mass is 35.5. The van der Waals surface area contributed by atoms with Crippen molar-refractivity contribution in [3.63, 3.8) is 0 Å². The Labute approximate surface area is 221 Å². The van der Waals surface area contributed by atoms with E-state index in [1.165, 1.54) is 12.0 Å². The number of benzene rings is 1. The predicted octanol–water partition coefficient (Wildman–Crippen LogP) is 5.29. The molecule has 1 aliphatic heterocycles. The van der Waals surface area contributed by atoms with Crippen LogP contribution in [0.25, 0.3) is 0 Å². The lowest BCUT2D eigenvalue weighted by Gasteiger charge is -2.57. The molecule has 36 heavy (non-hydrogen) atoms. The fourth-order valence-corrected chi connectivity index (χ4v) is 5.91. The molecule has 4 aliphatic rings. The highest BCUT2D eigenvalue weighted by molar-refractivity contribution is 6.30. The quantitative estimate of drug-likeness (QED) is 0.346. The zero-order valence-electron chi connectivity index (χ0n) is 22.1. The maximum absolute atomic E-state index is 13.1. The number of unbranched alkanes of at least 4 members (excludes halogenated alkanes) is 1. The maximum atomic E-state index is 13.1. The molecule has 1 aromatic carbocycles. The number of nitrogens with one attached hydrogen (secondary N) is 2. The van der Waals surface area contributed by atoms with Crippen molar-refractivity contribution in [2.75, 3.05) is 57.7 Å². The van der Waals surface area contributed by atoms with E-state index in [-0.39, 0.29) is 12.1 Å². The van der Waals surface area contributed by atoms with Crippen LogP contribution >= 0.6 is 11.6 Å². The minimum Gasteiger partial charge on any atom is -0.338 e. The van der Waals surface area contributed by atoms with Gasteiger partial charge < -0.3 is 20.4 Å².